The van der Waals surface area contributed by atoms with Crippen LogP contribution in [0.3, 0.4) is 0 Å². The summed E-state index contributed by atoms with van der Waals surface area (Å²) in [7, 11) is 0. The summed E-state index contributed by atoms with van der Waals surface area (Å²) in [6, 6.07) is 0. The van der Waals surface area contributed by atoms with Gasteiger partial charge in [0.25, 0.3) is 0 Å². The van der Waals surface area contributed by atoms with Crippen LogP contribution in [0.4, 0.5) is 0 Å². The molecule has 0 aromatic heterocycles. The van der Waals surface area contributed by atoms with Gasteiger partial charge in [-0.15, -0.1) is 24.8 Å². The predicted molar refractivity (Wildman–Crippen MR) is 37.7 cm³/mol. The predicted octanol–water partition coefficient (Wildman–Crippen LogP) is 1.82. The van der Waals surface area contributed by atoms with Crippen LogP contribution in [0.1, 0.15) is 13.8 Å². The maximum atomic E-state index is 4.95. The summed E-state index contributed by atoms with van der Waals surface area (Å²) in [5.74, 6) is 0. The molecule has 0 unspecified atom stereocenters. The third-order valence-electron chi connectivity index (χ3n) is 0.364. The van der Waals surface area contributed by atoms with Gasteiger partial charge in [-0.2, -0.15) is 0 Å². The molecule has 0 N–H and O–H groups in total. The van der Waals surface area contributed by atoms with Crippen molar-refractivity contribution in [3.05, 3.63) is 0 Å². The SMILES string of the molecule is CC[O][V][O]CC.Cl.Cl. The van der Waals surface area contributed by atoms with E-state index in [4.69, 9.17) is 7.32 Å². The minimum atomic E-state index is -0.255. The summed E-state index contributed by atoms with van der Waals surface area (Å²) in [5.41, 5.74) is 0. The Hall–Kier alpha value is 1.08. The molecule has 0 fully saturated rings. The van der Waals surface area contributed by atoms with E-state index in [9.17, 15) is 0 Å². The summed E-state index contributed by atoms with van der Waals surface area (Å²) in [6.07, 6.45) is 0. The molecule has 0 heterocycles. The maximum Gasteiger partial charge on any atom is -0.147 e. The molecule has 2 nitrogen and oxygen atoms in total. The summed E-state index contributed by atoms with van der Waals surface area (Å²) in [4.78, 5) is 0. The number of hydrogen-bond acceptors (Lipinski definition) is 2. The molecule has 59 valence electrons. The number of halogens is 2. The third kappa shape index (κ3) is 17.6. The van der Waals surface area contributed by atoms with Gasteiger partial charge in [0, 0.05) is 0 Å². The van der Waals surface area contributed by atoms with E-state index >= 15 is 0 Å². The molecule has 0 saturated carbocycles. The van der Waals surface area contributed by atoms with Gasteiger partial charge in [0.1, 0.15) is 0 Å². The first kappa shape index (κ1) is 16.6. The monoisotopic (exact) mass is 213 g/mol. The maximum absolute atomic E-state index is 4.95. The largest absolute Gasteiger partial charge is 0.147 e. The third-order valence-corrected chi connectivity index (χ3v) is 1.50. The molecule has 0 radical (unpaired) electrons. The Bertz CT molecular complexity index is 35.7. The average Bonchev–Trinajstić information content (AvgIpc) is 1.69. The van der Waals surface area contributed by atoms with Crippen molar-refractivity contribution in [1.82, 2.24) is 0 Å². The number of hydrogen-bond donors (Lipinski definition) is 0. The van der Waals surface area contributed by atoms with E-state index in [0.717, 1.165) is 13.2 Å². The van der Waals surface area contributed by atoms with Crippen molar-refractivity contribution in [2.75, 3.05) is 13.2 Å². The van der Waals surface area contributed by atoms with Crippen molar-refractivity contribution >= 4 is 24.8 Å². The molecule has 0 aromatic rings. The van der Waals surface area contributed by atoms with Crippen LogP contribution in [0.2, 0.25) is 0 Å². The van der Waals surface area contributed by atoms with Crippen LogP contribution in [-0.2, 0) is 24.3 Å². The van der Waals surface area contributed by atoms with Crippen LogP contribution in [0.15, 0.2) is 0 Å². The molecule has 0 spiro atoms. The average molecular weight is 214 g/mol. The van der Waals surface area contributed by atoms with Gasteiger partial charge in [0.2, 0.25) is 0 Å². The number of rotatable bonds is 4. The van der Waals surface area contributed by atoms with Gasteiger partial charge in [0.05, 0.1) is 0 Å². The molecule has 0 saturated heterocycles. The van der Waals surface area contributed by atoms with Gasteiger partial charge >= 0.3 is 51.4 Å². The molecular weight excluding hydrogens is 202 g/mol. The summed E-state index contributed by atoms with van der Waals surface area (Å²) in [6.45, 7) is 5.49. The van der Waals surface area contributed by atoms with E-state index in [1.54, 1.807) is 0 Å². The van der Waals surface area contributed by atoms with Crippen LogP contribution in [0.5, 0.6) is 0 Å². The Kier molecular flexibility index (Phi) is 29.5. The summed E-state index contributed by atoms with van der Waals surface area (Å²) < 4.78 is 9.89. The first-order chi connectivity index (χ1) is 3.41. The Morgan fingerprint density at radius 1 is 1.00 bits per heavy atom. The first-order valence-corrected chi connectivity index (χ1v) is 3.50. The molecule has 0 bridgehead atoms. The van der Waals surface area contributed by atoms with E-state index in [0.29, 0.717) is 0 Å². The summed E-state index contributed by atoms with van der Waals surface area (Å²) in [5, 5.41) is 0. The van der Waals surface area contributed by atoms with Crippen molar-refractivity contribution in [1.29, 1.82) is 0 Å². The van der Waals surface area contributed by atoms with Crippen molar-refractivity contribution < 1.29 is 24.3 Å². The Balaban J connectivity index is -0.000000180. The second-order valence-electron chi connectivity index (χ2n) is 0.910. The molecule has 9 heavy (non-hydrogen) atoms. The van der Waals surface area contributed by atoms with Gasteiger partial charge < -0.3 is 0 Å². The quantitative estimate of drug-likeness (QED) is 0.664. The van der Waals surface area contributed by atoms with E-state index in [1.165, 1.54) is 0 Å². The van der Waals surface area contributed by atoms with E-state index in [1.807, 2.05) is 13.8 Å². The smallest absolute Gasteiger partial charge is 0.147 e. The zero-order chi connectivity index (χ0) is 5.54. The minimum absolute atomic E-state index is 0. The van der Waals surface area contributed by atoms with Crippen LogP contribution < -0.4 is 0 Å². The van der Waals surface area contributed by atoms with Gasteiger partial charge in [-0.1, -0.05) is 0 Å². The Labute approximate surface area is 76.3 Å². The van der Waals surface area contributed by atoms with Crippen LogP contribution in [0, 0.1) is 0 Å². The van der Waals surface area contributed by atoms with Crippen molar-refractivity contribution in [2.24, 2.45) is 0 Å². The van der Waals surface area contributed by atoms with Gasteiger partial charge in [-0.25, -0.2) is 0 Å². The second-order valence-corrected chi connectivity index (χ2v) is 1.95. The fourth-order valence-corrected chi connectivity index (χ4v) is 0.588. The molecule has 0 rings (SSSR count). The van der Waals surface area contributed by atoms with Crippen molar-refractivity contribution in [3.8, 4) is 0 Å². The van der Waals surface area contributed by atoms with Crippen molar-refractivity contribution in [2.45, 2.75) is 13.8 Å². The molecule has 0 aliphatic carbocycles. The second kappa shape index (κ2) is 16.0. The van der Waals surface area contributed by atoms with E-state index < -0.39 is 0 Å². The summed E-state index contributed by atoms with van der Waals surface area (Å²) >= 11 is -0.255. The Morgan fingerprint density at radius 2 is 1.33 bits per heavy atom. The van der Waals surface area contributed by atoms with Crippen LogP contribution in [0.25, 0.3) is 0 Å². The molecular formula is C4H12Cl2O2V. The molecule has 0 amide bonds. The van der Waals surface area contributed by atoms with Gasteiger partial charge in [-0.3, -0.25) is 0 Å². The molecule has 0 aliphatic rings. The zero-order valence-corrected chi connectivity index (χ0v) is 8.52. The first-order valence-electron chi connectivity index (χ1n) is 2.36. The molecule has 5 heteroatoms. The fraction of sp³-hybridized carbons (Fsp3) is 1.00. The molecule has 0 aromatic carbocycles. The van der Waals surface area contributed by atoms with E-state index in [2.05, 4.69) is 0 Å². The van der Waals surface area contributed by atoms with Gasteiger partial charge in [-0.05, 0) is 0 Å². The standard InChI is InChI=1S/2C2H5O.2ClH.V/c2*1-2-3;;;/h2*2H2,1H3;2*1H;/q2*-1;;;+2. The van der Waals surface area contributed by atoms with Gasteiger partial charge in [0.15, 0.2) is 0 Å². The van der Waals surface area contributed by atoms with Crippen LogP contribution >= 0.6 is 24.8 Å². The zero-order valence-electron chi connectivity index (χ0n) is 5.49. The minimum Gasteiger partial charge on any atom is -0.147 e. The van der Waals surface area contributed by atoms with E-state index in [-0.39, 0.29) is 41.8 Å². The van der Waals surface area contributed by atoms with Crippen molar-refractivity contribution in [3.63, 3.8) is 0 Å². The van der Waals surface area contributed by atoms with Crippen LogP contribution in [-0.4, -0.2) is 13.2 Å². The normalized spacial score (nSPS) is 6.89. The molecule has 0 aliphatic heterocycles. The topological polar surface area (TPSA) is 18.5 Å². The fourth-order valence-electron chi connectivity index (χ4n) is 0.143. The Morgan fingerprint density at radius 3 is 1.56 bits per heavy atom. The molecule has 0 atom stereocenters.